The summed E-state index contributed by atoms with van der Waals surface area (Å²) in [6, 6.07) is 10.2. The highest BCUT2D eigenvalue weighted by Crippen LogP contribution is 2.29. The first-order valence-electron chi connectivity index (χ1n) is 11.5. The predicted molar refractivity (Wildman–Crippen MR) is 133 cm³/mol. The lowest BCUT2D eigenvalue weighted by atomic mass is 9.97. The monoisotopic (exact) mass is 501 g/mol. The van der Waals surface area contributed by atoms with Gasteiger partial charge in [0.2, 0.25) is 5.89 Å². The molecule has 11 heteroatoms. The van der Waals surface area contributed by atoms with Gasteiger partial charge in [0.1, 0.15) is 17.3 Å². The van der Waals surface area contributed by atoms with Crippen LogP contribution in [0.25, 0.3) is 33.8 Å². The van der Waals surface area contributed by atoms with Crippen LogP contribution in [0.1, 0.15) is 42.9 Å². The Morgan fingerprint density at radius 1 is 1.14 bits per heavy atom. The van der Waals surface area contributed by atoms with Gasteiger partial charge in [0.25, 0.3) is 0 Å². The molecular formula is C26H24FN7O3. The normalized spacial score (nSPS) is 11.6. The van der Waals surface area contributed by atoms with Gasteiger partial charge in [-0.25, -0.2) is 19.3 Å². The molecule has 1 aromatic carbocycles. The van der Waals surface area contributed by atoms with E-state index in [0.29, 0.717) is 45.4 Å². The van der Waals surface area contributed by atoms with Crippen molar-refractivity contribution in [1.82, 2.24) is 35.5 Å². The average Bonchev–Trinajstić information content (AvgIpc) is 3.56. The maximum atomic E-state index is 15.0. The van der Waals surface area contributed by atoms with Gasteiger partial charge in [0.15, 0.2) is 11.5 Å². The summed E-state index contributed by atoms with van der Waals surface area (Å²) in [6.07, 6.45) is 3.22. The van der Waals surface area contributed by atoms with Crippen molar-refractivity contribution in [2.45, 2.75) is 32.7 Å². The standard InChI is InChI=1S/C26H24FN7O3/c1-26(2,3)25-34-33-24(37-25)23(35)30-12-15-6-5-14(11-18(15)27)17-9-10-28-22-20(17)31-21(32-22)19-8-7-16(36-4)13-29-19/h5-11,13H,12H2,1-4H3,(H,30,35)(H,28,31,32). The topological polar surface area (TPSA) is 132 Å². The van der Waals surface area contributed by atoms with Crippen LogP contribution < -0.4 is 10.1 Å². The lowest BCUT2D eigenvalue weighted by Gasteiger charge is -2.11. The van der Waals surface area contributed by atoms with E-state index < -0.39 is 11.7 Å². The number of benzene rings is 1. The highest BCUT2D eigenvalue weighted by atomic mass is 19.1. The number of fused-ring (bicyclic) bond motifs is 1. The summed E-state index contributed by atoms with van der Waals surface area (Å²) in [5, 5.41) is 10.3. The molecule has 0 bridgehead atoms. The smallest absolute Gasteiger partial charge is 0.309 e. The van der Waals surface area contributed by atoms with E-state index in [1.54, 1.807) is 49.8 Å². The molecule has 0 spiro atoms. The van der Waals surface area contributed by atoms with Crippen LogP contribution in [0.3, 0.4) is 0 Å². The van der Waals surface area contributed by atoms with Gasteiger partial charge in [-0.2, -0.15) is 0 Å². The third-order valence-corrected chi connectivity index (χ3v) is 5.67. The van der Waals surface area contributed by atoms with E-state index in [1.165, 1.54) is 6.07 Å². The van der Waals surface area contributed by atoms with Crippen LogP contribution in [0, 0.1) is 5.82 Å². The molecule has 10 nitrogen and oxygen atoms in total. The largest absolute Gasteiger partial charge is 0.495 e. The van der Waals surface area contributed by atoms with E-state index >= 15 is 4.39 Å². The number of carbonyl (C=O) groups excluding carboxylic acids is 1. The molecule has 2 N–H and O–H groups in total. The number of aromatic nitrogens is 6. The van der Waals surface area contributed by atoms with Gasteiger partial charge in [-0.1, -0.05) is 32.9 Å². The van der Waals surface area contributed by atoms with Crippen molar-refractivity contribution >= 4 is 17.1 Å². The van der Waals surface area contributed by atoms with Crippen molar-refractivity contribution in [3.63, 3.8) is 0 Å². The molecule has 5 aromatic rings. The Morgan fingerprint density at radius 3 is 2.65 bits per heavy atom. The molecular weight excluding hydrogens is 477 g/mol. The number of carbonyl (C=O) groups is 1. The minimum atomic E-state index is -0.570. The highest BCUT2D eigenvalue weighted by Gasteiger charge is 2.24. The second kappa shape index (κ2) is 9.41. The summed E-state index contributed by atoms with van der Waals surface area (Å²) >= 11 is 0. The quantitative estimate of drug-likeness (QED) is 0.349. The first kappa shape index (κ1) is 24.0. The maximum absolute atomic E-state index is 15.0. The van der Waals surface area contributed by atoms with Crippen LogP contribution >= 0.6 is 0 Å². The van der Waals surface area contributed by atoms with Crippen LogP contribution in [0.15, 0.2) is 53.2 Å². The molecule has 4 aromatic heterocycles. The number of imidazole rings is 1. The summed E-state index contributed by atoms with van der Waals surface area (Å²) in [4.78, 5) is 28.9. The minimum Gasteiger partial charge on any atom is -0.495 e. The van der Waals surface area contributed by atoms with E-state index in [0.717, 1.165) is 5.56 Å². The minimum absolute atomic E-state index is 0.0404. The zero-order chi connectivity index (χ0) is 26.2. The van der Waals surface area contributed by atoms with Crippen LogP contribution in [0.5, 0.6) is 5.75 Å². The Bertz CT molecular complexity index is 1590. The third kappa shape index (κ3) is 4.88. The number of ether oxygens (including phenoxy) is 1. The Hall–Kier alpha value is -4.67. The number of halogens is 1. The predicted octanol–water partition coefficient (Wildman–Crippen LogP) is 4.45. The number of hydrogen-bond donors (Lipinski definition) is 2. The number of nitrogens with zero attached hydrogens (tertiary/aromatic N) is 5. The van der Waals surface area contributed by atoms with Crippen LogP contribution in [0.2, 0.25) is 0 Å². The number of pyridine rings is 2. The van der Waals surface area contributed by atoms with E-state index in [9.17, 15) is 4.79 Å². The Morgan fingerprint density at radius 2 is 1.97 bits per heavy atom. The first-order chi connectivity index (χ1) is 17.7. The number of amides is 1. The fourth-order valence-corrected chi connectivity index (χ4v) is 3.64. The molecule has 0 radical (unpaired) electrons. The van der Waals surface area contributed by atoms with Gasteiger partial charge in [0.05, 0.1) is 18.8 Å². The summed E-state index contributed by atoms with van der Waals surface area (Å²) in [5.74, 6) is 0.314. The Labute approximate surface area is 211 Å². The van der Waals surface area contributed by atoms with Crippen molar-refractivity contribution < 1.29 is 18.3 Å². The van der Waals surface area contributed by atoms with Crippen molar-refractivity contribution in [3.8, 4) is 28.4 Å². The average molecular weight is 502 g/mol. The molecule has 5 rings (SSSR count). The molecule has 0 aliphatic rings. The van der Waals surface area contributed by atoms with Crippen molar-refractivity contribution in [2.75, 3.05) is 7.11 Å². The summed E-state index contributed by atoms with van der Waals surface area (Å²) in [5.41, 5.74) is 3.05. The molecule has 0 aliphatic heterocycles. The summed E-state index contributed by atoms with van der Waals surface area (Å²) in [6.45, 7) is 5.66. The zero-order valence-corrected chi connectivity index (χ0v) is 20.7. The molecule has 188 valence electrons. The van der Waals surface area contributed by atoms with Gasteiger partial charge >= 0.3 is 11.8 Å². The lowest BCUT2D eigenvalue weighted by Crippen LogP contribution is -2.23. The van der Waals surface area contributed by atoms with Crippen LogP contribution in [-0.2, 0) is 12.0 Å². The molecule has 1 amide bonds. The molecule has 0 saturated heterocycles. The van der Waals surface area contributed by atoms with Gasteiger partial charge in [0, 0.05) is 29.3 Å². The summed E-state index contributed by atoms with van der Waals surface area (Å²) in [7, 11) is 1.57. The van der Waals surface area contributed by atoms with E-state index in [4.69, 9.17) is 9.15 Å². The second-order valence-electron chi connectivity index (χ2n) is 9.38. The van der Waals surface area contributed by atoms with Gasteiger partial charge in [-0.15, -0.1) is 10.2 Å². The van der Waals surface area contributed by atoms with E-state index in [1.807, 2.05) is 20.8 Å². The maximum Gasteiger partial charge on any atom is 0.309 e. The Kier molecular flexibility index (Phi) is 6.12. The fourth-order valence-electron chi connectivity index (χ4n) is 3.64. The molecule has 0 saturated carbocycles. The van der Waals surface area contributed by atoms with E-state index in [-0.39, 0.29) is 17.9 Å². The van der Waals surface area contributed by atoms with Crippen molar-refractivity contribution in [3.05, 3.63) is 72.0 Å². The molecule has 0 fully saturated rings. The van der Waals surface area contributed by atoms with Crippen LogP contribution in [-0.4, -0.2) is 43.2 Å². The van der Waals surface area contributed by atoms with E-state index in [2.05, 4.69) is 35.5 Å². The number of rotatable bonds is 6. The first-order valence-corrected chi connectivity index (χ1v) is 11.5. The number of nitrogens with one attached hydrogen (secondary N) is 2. The van der Waals surface area contributed by atoms with Gasteiger partial charge in [-0.05, 0) is 29.8 Å². The van der Waals surface area contributed by atoms with Crippen molar-refractivity contribution in [2.24, 2.45) is 0 Å². The molecule has 0 unspecified atom stereocenters. The zero-order valence-electron chi connectivity index (χ0n) is 20.7. The number of methoxy groups -OCH3 is 1. The molecule has 0 aliphatic carbocycles. The van der Waals surface area contributed by atoms with Crippen molar-refractivity contribution in [1.29, 1.82) is 0 Å². The summed E-state index contributed by atoms with van der Waals surface area (Å²) < 4.78 is 25.6. The third-order valence-electron chi connectivity index (χ3n) is 5.67. The highest BCUT2D eigenvalue weighted by molar-refractivity contribution is 5.91. The second-order valence-corrected chi connectivity index (χ2v) is 9.38. The number of hydrogen-bond acceptors (Lipinski definition) is 8. The van der Waals surface area contributed by atoms with Crippen LogP contribution in [0.4, 0.5) is 4.39 Å². The SMILES string of the molecule is COc1ccc(-c2nc3nccc(-c4ccc(CNC(=O)c5nnc(C(C)(C)C)o5)c(F)c4)c3[nH]2)nc1. The molecule has 4 heterocycles. The molecule has 37 heavy (non-hydrogen) atoms. The van der Waals surface area contributed by atoms with Gasteiger partial charge < -0.3 is 19.5 Å². The van der Waals surface area contributed by atoms with Gasteiger partial charge in [-0.3, -0.25) is 4.79 Å². The number of aromatic amines is 1. The number of H-pyrrole nitrogens is 1. The lowest BCUT2D eigenvalue weighted by molar-refractivity contribution is 0.0912. The Balaban J connectivity index is 1.35. The molecule has 0 atom stereocenters. The fraction of sp³-hybridized carbons (Fsp3) is 0.231.